The van der Waals surface area contributed by atoms with E-state index in [1.54, 1.807) is 0 Å². The van der Waals surface area contributed by atoms with E-state index in [1.807, 2.05) is 18.0 Å². The molecular formula is C23H39N3O2. The maximum Gasteiger partial charge on any atom is 0.210 e. The first-order valence-electron chi connectivity index (χ1n) is 10.7. The van der Waals surface area contributed by atoms with Crippen molar-refractivity contribution in [1.82, 2.24) is 15.5 Å². The largest absolute Gasteiger partial charge is 0.396 e. The molecule has 0 bridgehead atoms. The van der Waals surface area contributed by atoms with Crippen molar-refractivity contribution in [2.75, 3.05) is 26.7 Å². The average Bonchev–Trinajstić information content (AvgIpc) is 2.99. The van der Waals surface area contributed by atoms with E-state index in [1.165, 1.54) is 5.56 Å². The van der Waals surface area contributed by atoms with E-state index < -0.39 is 0 Å². The maximum absolute atomic E-state index is 11.3. The minimum Gasteiger partial charge on any atom is -0.396 e. The van der Waals surface area contributed by atoms with E-state index >= 15 is 0 Å². The van der Waals surface area contributed by atoms with Gasteiger partial charge in [0.05, 0.1) is 0 Å². The molecule has 1 saturated heterocycles. The van der Waals surface area contributed by atoms with Crippen LogP contribution in [0, 0.1) is 11.8 Å². The summed E-state index contributed by atoms with van der Waals surface area (Å²) in [4.78, 5) is 13.2. The molecule has 0 radical (unpaired) electrons. The molecule has 0 aromatic heterocycles. The number of carbonyl (C=O) groups excluding carboxylic acids is 1. The van der Waals surface area contributed by atoms with Crippen LogP contribution in [0.4, 0.5) is 0 Å². The molecule has 0 aliphatic carbocycles. The Bertz CT molecular complexity index is 564. The van der Waals surface area contributed by atoms with Gasteiger partial charge in [0.25, 0.3) is 0 Å². The Morgan fingerprint density at radius 2 is 2.00 bits per heavy atom. The number of benzene rings is 1. The number of amides is 1. The molecule has 1 aliphatic heterocycles. The number of hydrogen-bond donors (Lipinski definition) is 3. The second-order valence-corrected chi connectivity index (χ2v) is 8.84. The van der Waals surface area contributed by atoms with Crippen LogP contribution in [0.25, 0.3) is 0 Å². The summed E-state index contributed by atoms with van der Waals surface area (Å²) in [6, 6.07) is 10.9. The van der Waals surface area contributed by atoms with Crippen LogP contribution in [0.2, 0.25) is 0 Å². The first-order valence-corrected chi connectivity index (χ1v) is 10.7. The minimum absolute atomic E-state index is 0.0204. The molecule has 28 heavy (non-hydrogen) atoms. The van der Waals surface area contributed by atoms with Crippen molar-refractivity contribution < 1.29 is 9.90 Å². The maximum atomic E-state index is 11.3. The quantitative estimate of drug-likeness (QED) is 0.359. The zero-order valence-electron chi connectivity index (χ0n) is 17.9. The van der Waals surface area contributed by atoms with E-state index in [4.69, 9.17) is 0 Å². The molecule has 2 rings (SSSR count). The van der Waals surface area contributed by atoms with Gasteiger partial charge in [0.1, 0.15) is 0 Å². The van der Waals surface area contributed by atoms with E-state index in [2.05, 4.69) is 48.7 Å². The smallest absolute Gasteiger partial charge is 0.210 e. The summed E-state index contributed by atoms with van der Waals surface area (Å²) in [6.07, 6.45) is 6.17. The summed E-state index contributed by atoms with van der Waals surface area (Å²) in [5, 5.41) is 16.6. The highest BCUT2D eigenvalue weighted by atomic mass is 16.3. The van der Waals surface area contributed by atoms with Crippen molar-refractivity contribution in [3.8, 4) is 0 Å². The Labute approximate surface area is 170 Å². The van der Waals surface area contributed by atoms with Gasteiger partial charge in [-0.1, -0.05) is 30.3 Å². The standard InChI is InChI=1S/C23H39N3O2/c1-23(2)15-20(17-26(23)18-28)9-10-22(24-3)21(12-14-27)11-13-25-16-19-7-5-4-6-8-19/h4-8,18,20-22,24-25,27H,9-17H2,1-3H3. The van der Waals surface area contributed by atoms with Gasteiger partial charge in [-0.3, -0.25) is 4.79 Å². The lowest BCUT2D eigenvalue weighted by Gasteiger charge is -2.28. The molecule has 5 nitrogen and oxygen atoms in total. The molecule has 1 fully saturated rings. The second kappa shape index (κ2) is 11.5. The third-order valence-electron chi connectivity index (χ3n) is 6.34. The van der Waals surface area contributed by atoms with Crippen LogP contribution in [-0.2, 0) is 11.3 Å². The van der Waals surface area contributed by atoms with Gasteiger partial charge in [0.2, 0.25) is 6.41 Å². The molecule has 158 valence electrons. The van der Waals surface area contributed by atoms with Gasteiger partial charge in [-0.25, -0.2) is 0 Å². The number of nitrogens with zero attached hydrogens (tertiary/aromatic N) is 1. The van der Waals surface area contributed by atoms with Crippen LogP contribution in [0.3, 0.4) is 0 Å². The molecule has 1 aliphatic rings. The summed E-state index contributed by atoms with van der Waals surface area (Å²) in [5.74, 6) is 1.02. The summed E-state index contributed by atoms with van der Waals surface area (Å²) < 4.78 is 0. The normalized spacial score (nSPS) is 20.9. The van der Waals surface area contributed by atoms with Crippen molar-refractivity contribution in [3.63, 3.8) is 0 Å². The molecule has 1 heterocycles. The molecular weight excluding hydrogens is 350 g/mol. The minimum atomic E-state index is -0.0204. The molecule has 3 atom stereocenters. The fourth-order valence-corrected chi connectivity index (χ4v) is 4.65. The number of carbonyl (C=O) groups is 1. The first kappa shape index (κ1) is 22.9. The highest BCUT2D eigenvalue weighted by Crippen LogP contribution is 2.34. The molecule has 0 saturated carbocycles. The van der Waals surface area contributed by atoms with E-state index in [-0.39, 0.29) is 12.1 Å². The Balaban J connectivity index is 1.78. The van der Waals surface area contributed by atoms with E-state index in [0.717, 1.165) is 58.1 Å². The number of aliphatic hydroxyl groups is 1. The number of hydrogen-bond acceptors (Lipinski definition) is 4. The van der Waals surface area contributed by atoms with E-state index in [9.17, 15) is 9.90 Å². The SMILES string of the molecule is CNC(CCC1CN(C=O)C(C)(C)C1)C(CCO)CCNCc1ccccc1. The summed E-state index contributed by atoms with van der Waals surface area (Å²) in [5.41, 5.74) is 1.28. The number of aliphatic hydroxyl groups excluding tert-OH is 1. The molecule has 3 N–H and O–H groups in total. The lowest BCUT2D eigenvalue weighted by molar-refractivity contribution is -0.120. The first-order chi connectivity index (χ1) is 13.5. The molecule has 1 amide bonds. The lowest BCUT2D eigenvalue weighted by Crippen LogP contribution is -2.36. The number of nitrogens with one attached hydrogen (secondary N) is 2. The van der Waals surface area contributed by atoms with Crippen LogP contribution in [-0.4, -0.2) is 54.7 Å². The van der Waals surface area contributed by atoms with Gasteiger partial charge < -0.3 is 20.6 Å². The third kappa shape index (κ3) is 6.87. The molecule has 5 heteroatoms. The van der Waals surface area contributed by atoms with Gasteiger partial charge in [-0.15, -0.1) is 0 Å². The fraction of sp³-hybridized carbons (Fsp3) is 0.696. The zero-order valence-corrected chi connectivity index (χ0v) is 17.9. The van der Waals surface area contributed by atoms with Crippen LogP contribution < -0.4 is 10.6 Å². The Morgan fingerprint density at radius 1 is 1.25 bits per heavy atom. The van der Waals surface area contributed by atoms with E-state index in [0.29, 0.717) is 17.9 Å². The van der Waals surface area contributed by atoms with Crippen molar-refractivity contribution >= 4 is 6.41 Å². The molecule has 3 unspecified atom stereocenters. The lowest BCUT2D eigenvalue weighted by atomic mass is 9.86. The van der Waals surface area contributed by atoms with Crippen LogP contribution in [0.15, 0.2) is 30.3 Å². The van der Waals surface area contributed by atoms with Crippen LogP contribution in [0.5, 0.6) is 0 Å². The van der Waals surface area contributed by atoms with Crippen molar-refractivity contribution in [3.05, 3.63) is 35.9 Å². The van der Waals surface area contributed by atoms with Crippen molar-refractivity contribution in [1.29, 1.82) is 0 Å². The Hall–Kier alpha value is -1.43. The summed E-state index contributed by atoms with van der Waals surface area (Å²) >= 11 is 0. The molecule has 1 aromatic carbocycles. The van der Waals surface area contributed by atoms with Gasteiger partial charge in [-0.2, -0.15) is 0 Å². The highest BCUT2D eigenvalue weighted by molar-refractivity contribution is 5.49. The van der Waals surface area contributed by atoms with Crippen LogP contribution >= 0.6 is 0 Å². The van der Waals surface area contributed by atoms with Gasteiger partial charge in [0, 0.05) is 31.3 Å². The third-order valence-corrected chi connectivity index (χ3v) is 6.34. The monoisotopic (exact) mass is 389 g/mol. The highest BCUT2D eigenvalue weighted by Gasteiger charge is 2.37. The summed E-state index contributed by atoms with van der Waals surface area (Å²) in [7, 11) is 2.03. The second-order valence-electron chi connectivity index (χ2n) is 8.84. The topological polar surface area (TPSA) is 64.6 Å². The fourth-order valence-electron chi connectivity index (χ4n) is 4.65. The molecule has 0 spiro atoms. The van der Waals surface area contributed by atoms with Gasteiger partial charge in [0.15, 0.2) is 0 Å². The van der Waals surface area contributed by atoms with Gasteiger partial charge in [-0.05, 0) is 76.9 Å². The molecule has 1 aromatic rings. The van der Waals surface area contributed by atoms with Crippen LogP contribution in [0.1, 0.15) is 51.5 Å². The number of likely N-dealkylation sites (tertiary alicyclic amines) is 1. The Kier molecular flexibility index (Phi) is 9.42. The predicted molar refractivity (Wildman–Crippen MR) is 115 cm³/mol. The van der Waals surface area contributed by atoms with Crippen molar-refractivity contribution in [2.24, 2.45) is 11.8 Å². The van der Waals surface area contributed by atoms with Crippen molar-refractivity contribution in [2.45, 2.75) is 64.1 Å². The number of rotatable bonds is 13. The zero-order chi connectivity index (χ0) is 20.4. The van der Waals surface area contributed by atoms with Gasteiger partial charge >= 0.3 is 0 Å². The Morgan fingerprint density at radius 3 is 2.61 bits per heavy atom. The predicted octanol–water partition coefficient (Wildman–Crippen LogP) is 2.79. The summed E-state index contributed by atoms with van der Waals surface area (Å²) in [6.45, 7) is 7.25. The average molecular weight is 390 g/mol.